The number of benzene rings is 1. The van der Waals surface area contributed by atoms with Crippen LogP contribution >= 0.6 is 8.58 Å². The highest BCUT2D eigenvalue weighted by Gasteiger charge is 2.18. The lowest BCUT2D eigenvalue weighted by molar-refractivity contribution is -0.385. The van der Waals surface area contributed by atoms with Crippen LogP contribution in [0.5, 0.6) is 0 Å². The summed E-state index contributed by atoms with van der Waals surface area (Å²) in [5, 5.41) is 20.5. The van der Waals surface area contributed by atoms with Gasteiger partial charge in [-0.15, -0.1) is 0 Å². The van der Waals surface area contributed by atoms with Gasteiger partial charge in [-0.3, -0.25) is 10.1 Å². The number of fused-ring (bicyclic) bond motifs is 1. The van der Waals surface area contributed by atoms with E-state index < -0.39 is 10.7 Å². The summed E-state index contributed by atoms with van der Waals surface area (Å²) in [4.78, 5) is 22.2. The Morgan fingerprint density at radius 3 is 2.88 bits per heavy atom. The van der Waals surface area contributed by atoms with E-state index in [-0.39, 0.29) is 38.0 Å². The Labute approximate surface area is 142 Å². The normalized spacial score (nSPS) is 11.2. The molecule has 9 nitrogen and oxygen atoms in total. The summed E-state index contributed by atoms with van der Waals surface area (Å²) in [7, 11) is 0.160. The molecular formula is C14H11FN7O2P. The molecular weight excluding hydrogens is 348 g/mol. The summed E-state index contributed by atoms with van der Waals surface area (Å²) in [6, 6.07) is 4.14. The van der Waals surface area contributed by atoms with Gasteiger partial charge >= 0.3 is 0 Å². The lowest BCUT2D eigenvalue weighted by atomic mass is 10.2. The number of nitro benzene ring substituents is 1. The first-order chi connectivity index (χ1) is 11.9. The van der Waals surface area contributed by atoms with Crippen molar-refractivity contribution in [3.8, 4) is 6.07 Å². The monoisotopic (exact) mass is 359 g/mol. The number of nitrogens with two attached hydrogens (primary N) is 1. The van der Waals surface area contributed by atoms with Crippen molar-refractivity contribution in [3.63, 3.8) is 0 Å². The SMILES string of the molecule is CPc1cc([N+](=O)[O-])cc(F)c1Cn1cnc2c(C#N)nc(N)nc21. The summed E-state index contributed by atoms with van der Waals surface area (Å²) in [6.07, 6.45) is 1.41. The molecule has 0 bridgehead atoms. The zero-order valence-electron chi connectivity index (χ0n) is 12.9. The fraction of sp³-hybridized carbons (Fsp3) is 0.143. The van der Waals surface area contributed by atoms with Crippen molar-refractivity contribution in [3.05, 3.63) is 45.6 Å². The Morgan fingerprint density at radius 2 is 2.24 bits per heavy atom. The van der Waals surface area contributed by atoms with Gasteiger partial charge in [0.2, 0.25) is 5.95 Å². The molecule has 0 fully saturated rings. The van der Waals surface area contributed by atoms with E-state index in [1.165, 1.54) is 17.0 Å². The zero-order valence-corrected chi connectivity index (χ0v) is 13.9. The van der Waals surface area contributed by atoms with Gasteiger partial charge < -0.3 is 10.3 Å². The smallest absolute Gasteiger partial charge is 0.273 e. The van der Waals surface area contributed by atoms with Gasteiger partial charge in [0.15, 0.2) is 11.3 Å². The van der Waals surface area contributed by atoms with Crippen molar-refractivity contribution in [2.45, 2.75) is 6.54 Å². The predicted octanol–water partition coefficient (Wildman–Crippen LogP) is 1.31. The van der Waals surface area contributed by atoms with E-state index >= 15 is 0 Å². The molecule has 0 aliphatic carbocycles. The van der Waals surface area contributed by atoms with Crippen molar-refractivity contribution in [2.75, 3.05) is 12.4 Å². The van der Waals surface area contributed by atoms with Gasteiger partial charge in [-0.1, -0.05) is 8.58 Å². The molecule has 0 radical (unpaired) electrons. The summed E-state index contributed by atoms with van der Waals surface area (Å²) >= 11 is 0. The van der Waals surface area contributed by atoms with Crippen molar-refractivity contribution in [2.24, 2.45) is 0 Å². The van der Waals surface area contributed by atoms with Crippen LogP contribution in [-0.4, -0.2) is 31.1 Å². The zero-order chi connectivity index (χ0) is 18.1. The molecule has 1 unspecified atom stereocenters. The second kappa shape index (κ2) is 6.37. The number of aromatic nitrogens is 4. The van der Waals surface area contributed by atoms with Crippen LogP contribution in [0.15, 0.2) is 18.5 Å². The molecule has 0 aliphatic heterocycles. The van der Waals surface area contributed by atoms with E-state index in [1.807, 2.05) is 12.7 Å². The molecule has 25 heavy (non-hydrogen) atoms. The van der Waals surface area contributed by atoms with Gasteiger partial charge in [0, 0.05) is 11.6 Å². The Balaban J connectivity index is 2.12. The number of halogens is 1. The van der Waals surface area contributed by atoms with E-state index in [0.717, 1.165) is 6.07 Å². The number of non-ortho nitro benzene ring substituents is 1. The topological polar surface area (TPSA) is 137 Å². The Hall–Kier alpha value is -3.18. The maximum absolute atomic E-state index is 14.4. The van der Waals surface area contributed by atoms with Crippen molar-refractivity contribution in [1.82, 2.24) is 19.5 Å². The minimum atomic E-state index is -0.678. The number of nitrogen functional groups attached to an aromatic ring is 1. The lowest BCUT2D eigenvalue weighted by Gasteiger charge is -2.10. The van der Waals surface area contributed by atoms with Gasteiger partial charge in [-0.05, 0) is 12.0 Å². The Kier molecular flexibility index (Phi) is 4.25. The molecule has 1 atom stereocenters. The Morgan fingerprint density at radius 1 is 1.48 bits per heavy atom. The molecule has 1 aromatic carbocycles. The van der Waals surface area contributed by atoms with Crippen LogP contribution in [0.3, 0.4) is 0 Å². The van der Waals surface area contributed by atoms with Crippen LogP contribution in [0.2, 0.25) is 0 Å². The number of nitro groups is 1. The summed E-state index contributed by atoms with van der Waals surface area (Å²) in [6.45, 7) is 1.86. The lowest BCUT2D eigenvalue weighted by Crippen LogP contribution is -2.13. The number of rotatable bonds is 4. The second-order valence-electron chi connectivity index (χ2n) is 5.05. The Bertz CT molecular complexity index is 1040. The standard InChI is InChI=1S/C14H11FN7O2P/c1-25-11-3-7(22(23)24)2-9(15)8(11)5-21-6-18-12-10(4-16)19-14(17)20-13(12)21/h2-3,6,25H,5H2,1H3,(H2,17,19,20). The summed E-state index contributed by atoms with van der Waals surface area (Å²) < 4.78 is 16.0. The van der Waals surface area contributed by atoms with Crippen molar-refractivity contribution in [1.29, 1.82) is 5.26 Å². The first-order valence-corrected chi connectivity index (χ1v) is 8.47. The van der Waals surface area contributed by atoms with Gasteiger partial charge in [0.05, 0.1) is 23.9 Å². The third-order valence-electron chi connectivity index (χ3n) is 3.58. The maximum atomic E-state index is 14.4. The number of imidazole rings is 1. The largest absolute Gasteiger partial charge is 0.368 e. The van der Waals surface area contributed by atoms with Gasteiger partial charge in [-0.25, -0.2) is 9.37 Å². The van der Waals surface area contributed by atoms with Crippen molar-refractivity contribution >= 4 is 36.7 Å². The average molecular weight is 359 g/mol. The first-order valence-electron chi connectivity index (χ1n) is 6.97. The number of hydrogen-bond acceptors (Lipinski definition) is 7. The molecule has 126 valence electrons. The molecule has 2 N–H and O–H groups in total. The average Bonchev–Trinajstić information content (AvgIpc) is 2.98. The maximum Gasteiger partial charge on any atom is 0.273 e. The molecule has 0 saturated carbocycles. The number of anilines is 1. The minimum Gasteiger partial charge on any atom is -0.368 e. The third-order valence-corrected chi connectivity index (χ3v) is 4.56. The van der Waals surface area contributed by atoms with Crippen LogP contribution in [0.4, 0.5) is 16.0 Å². The summed E-state index contributed by atoms with van der Waals surface area (Å²) in [5.41, 5.74) is 6.21. The van der Waals surface area contributed by atoms with Crippen LogP contribution < -0.4 is 11.0 Å². The minimum absolute atomic E-state index is 0.0306. The van der Waals surface area contributed by atoms with E-state index in [0.29, 0.717) is 16.5 Å². The fourth-order valence-electron chi connectivity index (χ4n) is 2.44. The number of nitrogens with zero attached hydrogens (tertiary/aromatic N) is 6. The van der Waals surface area contributed by atoms with Gasteiger partial charge in [-0.2, -0.15) is 15.2 Å². The van der Waals surface area contributed by atoms with Crippen LogP contribution in [-0.2, 0) is 6.54 Å². The highest BCUT2D eigenvalue weighted by molar-refractivity contribution is 7.46. The molecule has 2 aromatic heterocycles. The third kappa shape index (κ3) is 2.97. The quantitative estimate of drug-likeness (QED) is 0.421. The van der Waals surface area contributed by atoms with Crippen molar-refractivity contribution < 1.29 is 9.31 Å². The molecule has 0 spiro atoms. The van der Waals surface area contributed by atoms with E-state index in [9.17, 15) is 14.5 Å². The fourth-order valence-corrected chi connectivity index (χ4v) is 3.23. The molecule has 0 amide bonds. The molecule has 3 aromatic rings. The molecule has 0 saturated heterocycles. The highest BCUT2D eigenvalue weighted by Crippen LogP contribution is 2.23. The van der Waals surface area contributed by atoms with Crippen LogP contribution in [0.25, 0.3) is 11.2 Å². The van der Waals surface area contributed by atoms with Gasteiger partial charge in [0.1, 0.15) is 17.4 Å². The summed E-state index contributed by atoms with van der Waals surface area (Å²) in [5.74, 6) is -0.768. The molecule has 3 rings (SSSR count). The second-order valence-corrected chi connectivity index (χ2v) is 6.09. The van der Waals surface area contributed by atoms with E-state index in [1.54, 1.807) is 0 Å². The van der Waals surface area contributed by atoms with Crippen LogP contribution in [0, 0.1) is 27.3 Å². The van der Waals surface area contributed by atoms with Crippen LogP contribution in [0.1, 0.15) is 11.3 Å². The molecule has 2 heterocycles. The van der Waals surface area contributed by atoms with E-state index in [4.69, 9.17) is 11.0 Å². The predicted molar refractivity (Wildman–Crippen MR) is 90.5 cm³/mol. The number of hydrogen-bond donors (Lipinski definition) is 1. The van der Waals surface area contributed by atoms with Gasteiger partial charge in [0.25, 0.3) is 5.69 Å². The van der Waals surface area contributed by atoms with E-state index in [2.05, 4.69) is 15.0 Å². The highest BCUT2D eigenvalue weighted by atomic mass is 31.1. The molecule has 0 aliphatic rings. The molecule has 11 heteroatoms. The first kappa shape index (κ1) is 16.7. The number of nitriles is 1.